The van der Waals surface area contributed by atoms with Crippen LogP contribution in [-0.4, -0.2) is 31.9 Å². The fourth-order valence-electron chi connectivity index (χ4n) is 4.99. The number of nitrogens with two attached hydrogens (primary N) is 2. The number of rotatable bonds is 6. The molecule has 0 bridgehead atoms. The van der Waals surface area contributed by atoms with E-state index in [2.05, 4.69) is 10.3 Å². The smallest absolute Gasteiger partial charge is 0.251 e. The van der Waals surface area contributed by atoms with Crippen molar-refractivity contribution in [2.24, 2.45) is 16.8 Å². The van der Waals surface area contributed by atoms with Gasteiger partial charge in [-0.15, -0.1) is 0 Å². The van der Waals surface area contributed by atoms with Crippen LogP contribution in [0.15, 0.2) is 70.1 Å². The molecule has 192 valence electrons. The van der Waals surface area contributed by atoms with Crippen LogP contribution >= 0.6 is 0 Å². The molecule has 0 aliphatic heterocycles. The Balaban J connectivity index is 1.45. The molecule has 2 atom stereocenters. The molecule has 0 saturated heterocycles. The van der Waals surface area contributed by atoms with Gasteiger partial charge in [-0.3, -0.25) is 9.78 Å². The lowest BCUT2D eigenvalue weighted by atomic mass is 9.85. The van der Waals surface area contributed by atoms with Crippen molar-refractivity contribution in [2.75, 3.05) is 6.54 Å². The summed E-state index contributed by atoms with van der Waals surface area (Å²) in [7, 11) is -3.86. The molecule has 5 rings (SSSR count). The van der Waals surface area contributed by atoms with Crippen LogP contribution in [0.3, 0.4) is 0 Å². The van der Waals surface area contributed by atoms with Gasteiger partial charge in [0.05, 0.1) is 4.90 Å². The minimum absolute atomic E-state index is 0.00892. The zero-order valence-electron chi connectivity index (χ0n) is 20.6. The highest BCUT2D eigenvalue weighted by Gasteiger charge is 2.22. The fourth-order valence-corrected chi connectivity index (χ4v) is 5.53. The van der Waals surface area contributed by atoms with Crippen LogP contribution < -0.4 is 16.2 Å². The minimum Gasteiger partial charge on any atom is -0.454 e. The lowest BCUT2D eigenvalue weighted by Gasteiger charge is -2.28. The number of carbonyl (C=O) groups is 1. The van der Waals surface area contributed by atoms with E-state index >= 15 is 0 Å². The molecular formula is C28H30N4O4S. The largest absolute Gasteiger partial charge is 0.454 e. The van der Waals surface area contributed by atoms with Crippen LogP contribution in [0.1, 0.15) is 41.6 Å². The van der Waals surface area contributed by atoms with Gasteiger partial charge in [0.25, 0.3) is 5.91 Å². The lowest BCUT2D eigenvalue weighted by Crippen LogP contribution is -2.41. The molecule has 1 saturated carbocycles. The van der Waals surface area contributed by atoms with Crippen molar-refractivity contribution in [1.82, 2.24) is 10.3 Å². The summed E-state index contributed by atoms with van der Waals surface area (Å²) in [5, 5.41) is 8.38. The van der Waals surface area contributed by atoms with Gasteiger partial charge in [0.2, 0.25) is 10.0 Å². The number of pyridine rings is 1. The Morgan fingerprint density at radius 1 is 1.08 bits per heavy atom. The molecule has 1 aliphatic rings. The molecule has 9 heteroatoms. The summed E-state index contributed by atoms with van der Waals surface area (Å²) < 4.78 is 30.0. The van der Waals surface area contributed by atoms with Gasteiger partial charge in [0.1, 0.15) is 11.3 Å². The molecule has 1 fully saturated rings. The van der Waals surface area contributed by atoms with E-state index in [1.54, 1.807) is 24.4 Å². The number of aromatic nitrogens is 1. The van der Waals surface area contributed by atoms with Crippen molar-refractivity contribution in [3.05, 3.63) is 71.9 Å². The molecule has 0 radical (unpaired) electrons. The van der Waals surface area contributed by atoms with Crippen LogP contribution in [0.5, 0.6) is 0 Å². The topological polar surface area (TPSA) is 141 Å². The number of benzene rings is 2. The monoisotopic (exact) mass is 518 g/mol. The highest BCUT2D eigenvalue weighted by atomic mass is 32.2. The molecule has 2 heterocycles. The lowest BCUT2D eigenvalue weighted by molar-refractivity contribution is 0.0941. The molecule has 8 nitrogen and oxygen atoms in total. The summed E-state index contributed by atoms with van der Waals surface area (Å²) in [4.78, 5) is 17.4. The minimum atomic E-state index is -3.86. The zero-order chi connectivity index (χ0) is 26.2. The Morgan fingerprint density at radius 2 is 1.89 bits per heavy atom. The first-order valence-corrected chi connectivity index (χ1v) is 13.9. The first-order chi connectivity index (χ1) is 17.7. The second-order valence-electron chi connectivity index (χ2n) is 9.70. The summed E-state index contributed by atoms with van der Waals surface area (Å²) in [5.74, 6) is 0.648. The molecule has 1 amide bonds. The third-order valence-electron chi connectivity index (χ3n) is 7.14. The Labute approximate surface area is 216 Å². The number of amides is 1. The molecule has 2 aromatic carbocycles. The number of sulfonamides is 1. The second kappa shape index (κ2) is 10.1. The highest BCUT2D eigenvalue weighted by molar-refractivity contribution is 7.89. The molecule has 0 unspecified atom stereocenters. The number of carbonyl (C=O) groups excluding carboxylic acids is 1. The first-order valence-electron chi connectivity index (χ1n) is 12.4. The molecule has 4 aromatic rings. The average Bonchev–Trinajstić information content (AvgIpc) is 3.32. The highest BCUT2D eigenvalue weighted by Crippen LogP contribution is 2.35. The number of hydrogen-bond acceptors (Lipinski definition) is 6. The second-order valence-corrected chi connectivity index (χ2v) is 11.3. The number of primary sulfonamides is 1. The maximum absolute atomic E-state index is 12.9. The summed E-state index contributed by atoms with van der Waals surface area (Å²) >= 11 is 0. The van der Waals surface area contributed by atoms with E-state index in [-0.39, 0.29) is 16.8 Å². The molecule has 37 heavy (non-hydrogen) atoms. The number of nitrogens with zero attached hydrogens (tertiary/aromatic N) is 1. The van der Waals surface area contributed by atoms with Crippen LogP contribution in [0.2, 0.25) is 0 Å². The Bertz CT molecular complexity index is 1580. The van der Waals surface area contributed by atoms with Gasteiger partial charge in [-0.2, -0.15) is 0 Å². The van der Waals surface area contributed by atoms with E-state index in [4.69, 9.17) is 15.3 Å². The van der Waals surface area contributed by atoms with Crippen molar-refractivity contribution >= 4 is 27.0 Å². The third kappa shape index (κ3) is 5.29. The molecule has 1 aliphatic carbocycles. The summed E-state index contributed by atoms with van der Waals surface area (Å²) in [6.07, 6.45) is 6.03. The average molecular weight is 519 g/mol. The van der Waals surface area contributed by atoms with Gasteiger partial charge in [-0.1, -0.05) is 31.0 Å². The van der Waals surface area contributed by atoms with Gasteiger partial charge in [-0.05, 0) is 67.1 Å². The van der Waals surface area contributed by atoms with Crippen molar-refractivity contribution < 1.29 is 17.6 Å². The van der Waals surface area contributed by atoms with E-state index in [9.17, 15) is 13.2 Å². The number of nitrogens with one attached hydrogen (secondary N) is 1. The van der Waals surface area contributed by atoms with Crippen molar-refractivity contribution in [1.29, 1.82) is 0 Å². The van der Waals surface area contributed by atoms with Crippen molar-refractivity contribution in [3.63, 3.8) is 0 Å². The SMILES string of the molecule is Cc1ccc(S(N)(=O)=O)cc1-c1cc2nccc(-c3cccc(C(=O)NC[C@@H]4CCCC[C@@H]4N)c3)c2o1. The molecule has 0 spiro atoms. The molecule has 2 aromatic heterocycles. The van der Waals surface area contributed by atoms with Crippen LogP contribution in [-0.2, 0) is 10.0 Å². The number of hydrogen-bond donors (Lipinski definition) is 3. The van der Waals surface area contributed by atoms with E-state index < -0.39 is 10.0 Å². The normalized spacial score (nSPS) is 18.1. The van der Waals surface area contributed by atoms with Gasteiger partial charge in [0.15, 0.2) is 5.58 Å². The number of aryl methyl sites for hydroxylation is 1. The van der Waals surface area contributed by atoms with E-state index in [1.807, 2.05) is 31.2 Å². The van der Waals surface area contributed by atoms with Crippen molar-refractivity contribution in [2.45, 2.75) is 43.5 Å². The third-order valence-corrected chi connectivity index (χ3v) is 8.05. The van der Waals surface area contributed by atoms with Crippen LogP contribution in [0.4, 0.5) is 0 Å². The standard InChI is InChI=1S/C28H30N4O4S/c1-17-9-10-21(37(30,34)35)14-23(17)26-15-25-27(36-26)22(11-12-31-25)18-6-4-7-19(13-18)28(33)32-16-20-5-2-3-8-24(20)29/h4,6-7,9-15,20,24H,2-3,5,8,16,29H2,1H3,(H,32,33)(H2,30,34,35)/t20-,24-/m0/s1. The van der Waals surface area contributed by atoms with Gasteiger partial charge in [0, 0.05) is 41.5 Å². The zero-order valence-corrected chi connectivity index (χ0v) is 21.4. The maximum Gasteiger partial charge on any atom is 0.251 e. The van der Waals surface area contributed by atoms with Crippen molar-refractivity contribution in [3.8, 4) is 22.5 Å². The van der Waals surface area contributed by atoms with E-state index in [1.165, 1.54) is 12.1 Å². The Morgan fingerprint density at radius 3 is 2.68 bits per heavy atom. The van der Waals surface area contributed by atoms with E-state index in [0.29, 0.717) is 40.4 Å². The van der Waals surface area contributed by atoms with Crippen LogP contribution in [0, 0.1) is 12.8 Å². The predicted octanol–water partition coefficient (Wildman–Crippen LogP) is 4.36. The Hall–Kier alpha value is -3.53. The van der Waals surface area contributed by atoms with Gasteiger partial charge < -0.3 is 15.5 Å². The first kappa shape index (κ1) is 25.1. The maximum atomic E-state index is 12.9. The summed E-state index contributed by atoms with van der Waals surface area (Å²) in [6.45, 7) is 2.44. The van der Waals surface area contributed by atoms with Gasteiger partial charge in [-0.25, -0.2) is 13.6 Å². The van der Waals surface area contributed by atoms with Gasteiger partial charge >= 0.3 is 0 Å². The number of fused-ring (bicyclic) bond motifs is 1. The predicted molar refractivity (Wildman–Crippen MR) is 143 cm³/mol. The fraction of sp³-hybridized carbons (Fsp3) is 0.286. The summed E-state index contributed by atoms with van der Waals surface area (Å²) in [5.41, 5.74) is 11.0. The summed E-state index contributed by atoms with van der Waals surface area (Å²) in [6, 6.07) is 15.8. The number of furan rings is 1. The van der Waals surface area contributed by atoms with Crippen LogP contribution in [0.25, 0.3) is 33.6 Å². The van der Waals surface area contributed by atoms with E-state index in [0.717, 1.165) is 42.4 Å². The molecule has 5 N–H and O–H groups in total. The Kier molecular flexibility index (Phi) is 6.85. The quantitative estimate of drug-likeness (QED) is 0.346. The molecular weight excluding hydrogens is 488 g/mol.